The van der Waals surface area contributed by atoms with Crippen LogP contribution < -0.4 is 0 Å². The normalized spacial score (nSPS) is 12.4. The van der Waals surface area contributed by atoms with Gasteiger partial charge in [-0.3, -0.25) is 0 Å². The van der Waals surface area contributed by atoms with Crippen molar-refractivity contribution in [3.05, 3.63) is 328 Å². The van der Waals surface area contributed by atoms with Gasteiger partial charge >= 0.3 is 0 Å². The summed E-state index contributed by atoms with van der Waals surface area (Å²) in [6.45, 7) is 0. The molecule has 2 aliphatic carbocycles. The predicted molar refractivity (Wildman–Crippen MR) is 422 cm³/mol. The summed E-state index contributed by atoms with van der Waals surface area (Å²) >= 11 is 0. The van der Waals surface area contributed by atoms with Crippen molar-refractivity contribution in [1.82, 2.24) is 19.1 Å². The van der Waals surface area contributed by atoms with Crippen molar-refractivity contribution in [2.75, 3.05) is 0 Å². The second-order valence-electron chi connectivity index (χ2n) is 27.5. The Bertz CT molecular complexity index is 7270. The number of fused-ring (bicyclic) bond motifs is 19. The van der Waals surface area contributed by atoms with Gasteiger partial charge in [0.15, 0.2) is 0 Å². The quantitative estimate of drug-likeness (QED) is 0.160. The van der Waals surface area contributed by atoms with E-state index in [2.05, 4.69) is 337 Å². The maximum Gasteiger partial charge on any atom is 0.136 e. The molecule has 2 aliphatic rings. The third-order valence-corrected chi connectivity index (χ3v) is 22.1. The number of benzene rings is 16. The number of furan rings is 1. The van der Waals surface area contributed by atoms with E-state index < -0.39 is 0 Å². The number of hydrogen-bond donors (Lipinski definition) is 0. The van der Waals surface area contributed by atoms with Crippen LogP contribution in [0.25, 0.3) is 231 Å². The predicted octanol–water partition coefficient (Wildman–Crippen LogP) is 26.0. The van der Waals surface area contributed by atoms with E-state index in [1.165, 1.54) is 126 Å². The lowest BCUT2D eigenvalue weighted by Gasteiger charge is -2.13. The molecule has 0 radical (unpaired) electrons. The van der Waals surface area contributed by atoms with Crippen LogP contribution in [0.1, 0.15) is 0 Å². The summed E-state index contributed by atoms with van der Waals surface area (Å²) in [4.78, 5) is 10.5. The topological polar surface area (TPSA) is 48.8 Å². The molecule has 0 fully saturated rings. The number of para-hydroxylation sites is 1. The van der Waals surface area contributed by atoms with Crippen molar-refractivity contribution < 1.29 is 4.42 Å². The first-order valence-electron chi connectivity index (χ1n) is 34.7. The van der Waals surface area contributed by atoms with Gasteiger partial charge in [-0.25, -0.2) is 9.97 Å². The van der Waals surface area contributed by atoms with Crippen molar-refractivity contribution in [1.29, 1.82) is 0 Å². The molecule has 0 aliphatic heterocycles. The van der Waals surface area contributed by atoms with Gasteiger partial charge in [-0.15, -0.1) is 0 Å². The van der Waals surface area contributed by atoms with Crippen LogP contribution in [0.4, 0.5) is 0 Å². The number of nitrogens with zero attached hydrogens (tertiary/aromatic N) is 4. The van der Waals surface area contributed by atoms with Crippen LogP contribution in [0, 0.1) is 0 Å². The fourth-order valence-corrected chi connectivity index (χ4v) is 17.5. The highest BCUT2D eigenvalue weighted by molar-refractivity contribution is 6.23. The summed E-state index contributed by atoms with van der Waals surface area (Å²) in [5, 5.41) is 16.5. The van der Waals surface area contributed by atoms with E-state index in [1.807, 2.05) is 0 Å². The number of aromatic nitrogens is 4. The molecule has 0 amide bonds. The summed E-state index contributed by atoms with van der Waals surface area (Å²) in [6.07, 6.45) is 0. The zero-order valence-corrected chi connectivity index (χ0v) is 54.4. The van der Waals surface area contributed by atoms with Gasteiger partial charge in [0, 0.05) is 65.6 Å². The molecule has 0 saturated carbocycles. The molecule has 464 valence electrons. The molecule has 0 bridgehead atoms. The van der Waals surface area contributed by atoms with Crippen LogP contribution in [0.3, 0.4) is 0 Å². The molecule has 5 heteroatoms. The SMILES string of the molecule is c1ccc(-c2ccc3c(c2)c2ccc(-c4cccc5c4ccc4oc6ccc(-c7ccc8c(c7)c7ccccc7n8-c7ccc8cc(-c9cc%10c%11c(cccc%11n9)-c9ccccc9-%10)ccc8c7)cc6c45)cc2n3-c2ccc3cc(-c4cc5c6c(cccc6n4)-c4ccccc4-5)ccc3c2)cc1. The molecule has 0 atom stereocenters. The van der Waals surface area contributed by atoms with Gasteiger partial charge in [-0.1, -0.05) is 212 Å². The molecular weight excluding hydrogens is 1230 g/mol. The minimum atomic E-state index is 0.867. The van der Waals surface area contributed by atoms with Crippen molar-refractivity contribution in [3.8, 4) is 112 Å². The highest BCUT2D eigenvalue weighted by Gasteiger charge is 2.26. The molecule has 0 unspecified atom stereocenters. The Morgan fingerprint density at radius 2 is 0.653 bits per heavy atom. The zero-order chi connectivity index (χ0) is 65.7. The van der Waals surface area contributed by atoms with Gasteiger partial charge < -0.3 is 13.6 Å². The van der Waals surface area contributed by atoms with Gasteiger partial charge in [0.05, 0.1) is 44.5 Å². The highest BCUT2D eigenvalue weighted by atomic mass is 16.3. The summed E-state index contributed by atoms with van der Waals surface area (Å²) in [6, 6.07) is 121. The van der Waals surface area contributed by atoms with Crippen LogP contribution in [-0.4, -0.2) is 19.1 Å². The maximum absolute atomic E-state index is 6.76. The van der Waals surface area contributed by atoms with Crippen molar-refractivity contribution in [3.63, 3.8) is 0 Å². The average Bonchev–Trinajstić information content (AvgIpc) is 1.62. The van der Waals surface area contributed by atoms with E-state index in [0.717, 1.165) is 105 Å². The molecule has 5 aromatic heterocycles. The van der Waals surface area contributed by atoms with E-state index in [9.17, 15) is 0 Å². The number of pyridine rings is 2. The summed E-state index contributed by atoms with van der Waals surface area (Å²) < 4.78 is 11.6. The average molecular weight is 1280 g/mol. The van der Waals surface area contributed by atoms with E-state index in [4.69, 9.17) is 14.4 Å². The molecule has 101 heavy (non-hydrogen) atoms. The molecule has 0 N–H and O–H groups in total. The zero-order valence-electron chi connectivity index (χ0n) is 54.4. The van der Waals surface area contributed by atoms with Crippen LogP contribution in [0.2, 0.25) is 0 Å². The van der Waals surface area contributed by atoms with Crippen molar-refractivity contribution in [2.24, 2.45) is 0 Å². The third-order valence-electron chi connectivity index (χ3n) is 22.1. The lowest BCUT2D eigenvalue weighted by Crippen LogP contribution is -1.95. The van der Waals surface area contributed by atoms with Gasteiger partial charge in [0.2, 0.25) is 0 Å². The van der Waals surface area contributed by atoms with Gasteiger partial charge in [0.25, 0.3) is 0 Å². The standard InChI is InChI=1S/C96H54N4O/c1-2-13-55(14-3-1)60-34-41-90-80(49-60)75-39-33-63(52-91(75)100(90)67-38-32-57-46-65(30-28-59(57)48-67)87-54-82-72-18-7-5-16-70(72)77-23-12-25-85(98-87)95(77)82)68-20-10-21-78-73(68)40-44-93-96(78)83-51-62(36-43-92(83)101-93)61-35-42-89-79(50-61)74-19-8-9-26-88(74)99(89)66-37-31-56-45-64(29-27-58(56)47-66)86-53-81-71-17-6-4-15-69(71)76-22-11-24-84(97-86)94(76)81/h1-54H. The summed E-state index contributed by atoms with van der Waals surface area (Å²) in [5.41, 5.74) is 32.0. The maximum atomic E-state index is 6.76. The summed E-state index contributed by atoms with van der Waals surface area (Å²) in [5.74, 6) is 0. The van der Waals surface area contributed by atoms with Crippen LogP contribution in [-0.2, 0) is 0 Å². The Labute approximate surface area is 579 Å². The Morgan fingerprint density at radius 3 is 1.30 bits per heavy atom. The van der Waals surface area contributed by atoms with Gasteiger partial charge in [-0.2, -0.15) is 0 Å². The highest BCUT2D eigenvalue weighted by Crippen LogP contribution is 2.51. The van der Waals surface area contributed by atoms with Crippen molar-refractivity contribution >= 4 is 120 Å². The minimum Gasteiger partial charge on any atom is -0.456 e. The molecule has 5 nitrogen and oxygen atoms in total. The Kier molecular flexibility index (Phi) is 11.1. The smallest absolute Gasteiger partial charge is 0.136 e. The molecule has 0 saturated heterocycles. The van der Waals surface area contributed by atoms with E-state index >= 15 is 0 Å². The third kappa shape index (κ3) is 7.97. The Hall–Kier alpha value is -13.5. The second kappa shape index (κ2) is 20.5. The molecule has 5 heterocycles. The first kappa shape index (κ1) is 54.6. The molecule has 23 rings (SSSR count). The minimum absolute atomic E-state index is 0.867. The monoisotopic (exact) mass is 1280 g/mol. The van der Waals surface area contributed by atoms with Crippen LogP contribution in [0.5, 0.6) is 0 Å². The molecule has 0 spiro atoms. The number of hydrogen-bond acceptors (Lipinski definition) is 3. The largest absolute Gasteiger partial charge is 0.456 e. The lowest BCUT2D eigenvalue weighted by atomic mass is 9.94. The fourth-order valence-electron chi connectivity index (χ4n) is 17.5. The Balaban J connectivity index is 0.608. The molecular formula is C96H54N4O. The number of rotatable bonds is 7. The molecule has 21 aromatic rings. The summed E-state index contributed by atoms with van der Waals surface area (Å²) in [7, 11) is 0. The first-order chi connectivity index (χ1) is 50.0. The molecule has 16 aromatic carbocycles. The van der Waals surface area contributed by atoms with Gasteiger partial charge in [-0.05, 0) is 225 Å². The first-order valence-corrected chi connectivity index (χ1v) is 34.7. The lowest BCUT2D eigenvalue weighted by molar-refractivity contribution is 0.669. The van der Waals surface area contributed by atoms with E-state index in [0.29, 0.717) is 0 Å². The van der Waals surface area contributed by atoms with Crippen LogP contribution in [0.15, 0.2) is 332 Å². The van der Waals surface area contributed by atoms with E-state index in [1.54, 1.807) is 0 Å². The van der Waals surface area contributed by atoms with Crippen LogP contribution >= 0.6 is 0 Å². The van der Waals surface area contributed by atoms with Gasteiger partial charge in [0.1, 0.15) is 11.2 Å². The van der Waals surface area contributed by atoms with E-state index in [-0.39, 0.29) is 0 Å². The van der Waals surface area contributed by atoms with Crippen molar-refractivity contribution in [2.45, 2.75) is 0 Å². The Morgan fingerprint density at radius 1 is 0.208 bits per heavy atom. The second-order valence-corrected chi connectivity index (χ2v) is 27.5. The fraction of sp³-hybridized carbons (Fsp3) is 0.